The van der Waals surface area contributed by atoms with E-state index < -0.39 is 0 Å². The molecule has 0 bridgehead atoms. The number of hydrogen-bond acceptors (Lipinski definition) is 3. The van der Waals surface area contributed by atoms with Gasteiger partial charge in [0, 0.05) is 25.1 Å². The van der Waals surface area contributed by atoms with Crippen molar-refractivity contribution in [2.75, 3.05) is 6.54 Å². The molecular formula is C17H19N3O2. The number of hydrogen-bond donors (Lipinski definition) is 1. The zero-order valence-electron chi connectivity index (χ0n) is 12.6. The number of carbonyl (C=O) groups is 1. The molecule has 2 aromatic rings. The maximum absolute atomic E-state index is 12.2. The van der Waals surface area contributed by atoms with Gasteiger partial charge in [0.15, 0.2) is 0 Å². The summed E-state index contributed by atoms with van der Waals surface area (Å²) in [5, 5.41) is 6.95. The van der Waals surface area contributed by atoms with Gasteiger partial charge in [-0.05, 0) is 24.5 Å². The highest BCUT2D eigenvalue weighted by Crippen LogP contribution is 2.43. The third kappa shape index (κ3) is 2.66. The molecule has 0 radical (unpaired) electrons. The minimum Gasteiger partial charge on any atom is -0.350 e. The van der Waals surface area contributed by atoms with Crippen molar-refractivity contribution in [3.05, 3.63) is 64.1 Å². The summed E-state index contributed by atoms with van der Waals surface area (Å²) in [5.41, 5.74) is 1.35. The second-order valence-corrected chi connectivity index (χ2v) is 5.86. The molecule has 0 unspecified atom stereocenters. The van der Waals surface area contributed by atoms with Gasteiger partial charge in [-0.3, -0.25) is 9.59 Å². The van der Waals surface area contributed by atoms with Crippen LogP contribution in [0.2, 0.25) is 0 Å². The Kier molecular flexibility index (Phi) is 3.79. The van der Waals surface area contributed by atoms with Gasteiger partial charge in [-0.2, -0.15) is 5.10 Å². The Morgan fingerprint density at radius 2 is 1.95 bits per heavy atom. The monoisotopic (exact) mass is 297 g/mol. The highest BCUT2D eigenvalue weighted by molar-refractivity contribution is 5.92. The molecule has 1 aliphatic rings. The zero-order valence-corrected chi connectivity index (χ0v) is 12.6. The topological polar surface area (TPSA) is 64.0 Å². The van der Waals surface area contributed by atoms with E-state index in [0.717, 1.165) is 12.8 Å². The Labute approximate surface area is 129 Å². The first-order chi connectivity index (χ1) is 10.6. The Bertz CT molecular complexity index is 733. The van der Waals surface area contributed by atoms with Crippen LogP contribution in [0.15, 0.2) is 47.3 Å². The second-order valence-electron chi connectivity index (χ2n) is 5.86. The molecule has 5 nitrogen and oxygen atoms in total. The lowest BCUT2D eigenvalue weighted by Crippen LogP contribution is -2.45. The number of rotatable bonds is 4. The largest absolute Gasteiger partial charge is 0.350 e. The molecule has 114 valence electrons. The summed E-state index contributed by atoms with van der Waals surface area (Å²) in [6, 6.07) is 13.1. The molecule has 1 amide bonds. The van der Waals surface area contributed by atoms with Gasteiger partial charge in [-0.15, -0.1) is 0 Å². The first-order valence-electron chi connectivity index (χ1n) is 7.49. The molecule has 1 aliphatic carbocycles. The van der Waals surface area contributed by atoms with Crippen LogP contribution in [-0.4, -0.2) is 22.2 Å². The van der Waals surface area contributed by atoms with Crippen molar-refractivity contribution in [2.24, 2.45) is 7.05 Å². The Hall–Kier alpha value is -2.43. The summed E-state index contributed by atoms with van der Waals surface area (Å²) in [6.45, 7) is 0.598. The normalized spacial score (nSPS) is 15.9. The third-order valence-corrected chi connectivity index (χ3v) is 4.48. The predicted molar refractivity (Wildman–Crippen MR) is 83.8 cm³/mol. The van der Waals surface area contributed by atoms with E-state index in [1.165, 1.54) is 35.8 Å². The van der Waals surface area contributed by atoms with Crippen molar-refractivity contribution in [1.82, 2.24) is 15.1 Å². The SMILES string of the molecule is Cn1nc(C(=O)NCC2(c3ccccc3)CCC2)ccc1=O. The minimum absolute atomic E-state index is 0.0393. The number of amides is 1. The molecule has 1 heterocycles. The van der Waals surface area contributed by atoms with Gasteiger partial charge in [-0.25, -0.2) is 4.68 Å². The van der Waals surface area contributed by atoms with E-state index >= 15 is 0 Å². The number of carbonyl (C=O) groups excluding carboxylic acids is 1. The summed E-state index contributed by atoms with van der Waals surface area (Å²) in [7, 11) is 1.54. The average molecular weight is 297 g/mol. The summed E-state index contributed by atoms with van der Waals surface area (Å²) in [5.74, 6) is -0.238. The van der Waals surface area contributed by atoms with E-state index in [9.17, 15) is 9.59 Å². The molecule has 1 aromatic heterocycles. The average Bonchev–Trinajstić information content (AvgIpc) is 2.50. The number of nitrogens with one attached hydrogen (secondary N) is 1. The molecule has 0 atom stereocenters. The highest BCUT2D eigenvalue weighted by atomic mass is 16.2. The van der Waals surface area contributed by atoms with Crippen LogP contribution in [0.5, 0.6) is 0 Å². The van der Waals surface area contributed by atoms with Crippen LogP contribution in [0.25, 0.3) is 0 Å². The molecule has 3 rings (SSSR count). The second kappa shape index (κ2) is 5.75. The lowest BCUT2D eigenvalue weighted by atomic mass is 9.64. The summed E-state index contributed by atoms with van der Waals surface area (Å²) in [6.07, 6.45) is 3.35. The lowest BCUT2D eigenvalue weighted by molar-refractivity contribution is 0.0920. The number of aryl methyl sites for hydroxylation is 1. The van der Waals surface area contributed by atoms with Crippen LogP contribution >= 0.6 is 0 Å². The van der Waals surface area contributed by atoms with Gasteiger partial charge in [0.25, 0.3) is 11.5 Å². The molecule has 1 aromatic carbocycles. The fourth-order valence-corrected chi connectivity index (χ4v) is 2.93. The standard InChI is InChI=1S/C17H19N3O2/c1-20-15(21)9-8-14(19-20)16(22)18-12-17(10-5-11-17)13-6-3-2-4-7-13/h2-4,6-9H,5,10-12H2,1H3,(H,18,22). The zero-order chi connectivity index (χ0) is 15.6. The van der Waals surface area contributed by atoms with E-state index in [1.807, 2.05) is 18.2 Å². The maximum atomic E-state index is 12.2. The number of benzene rings is 1. The summed E-state index contributed by atoms with van der Waals surface area (Å²) >= 11 is 0. The Balaban J connectivity index is 1.72. The van der Waals surface area contributed by atoms with Crippen molar-refractivity contribution in [3.63, 3.8) is 0 Å². The first kappa shape index (κ1) is 14.5. The molecular weight excluding hydrogens is 278 g/mol. The van der Waals surface area contributed by atoms with Gasteiger partial charge >= 0.3 is 0 Å². The van der Waals surface area contributed by atoms with Crippen molar-refractivity contribution in [1.29, 1.82) is 0 Å². The molecule has 22 heavy (non-hydrogen) atoms. The minimum atomic E-state index is -0.238. The number of nitrogens with zero attached hydrogens (tertiary/aromatic N) is 2. The molecule has 1 fully saturated rings. The fourth-order valence-electron chi connectivity index (χ4n) is 2.93. The van der Waals surface area contributed by atoms with Crippen molar-refractivity contribution >= 4 is 5.91 Å². The van der Waals surface area contributed by atoms with Crippen molar-refractivity contribution in [3.8, 4) is 0 Å². The van der Waals surface area contributed by atoms with Crippen LogP contribution < -0.4 is 10.9 Å². The quantitative estimate of drug-likeness (QED) is 0.933. The predicted octanol–water partition coefficient (Wildman–Crippen LogP) is 1.63. The molecule has 0 spiro atoms. The van der Waals surface area contributed by atoms with Crippen LogP contribution in [0.1, 0.15) is 35.3 Å². The molecule has 5 heteroatoms. The van der Waals surface area contributed by atoms with Crippen molar-refractivity contribution in [2.45, 2.75) is 24.7 Å². The summed E-state index contributed by atoms with van der Waals surface area (Å²) in [4.78, 5) is 23.6. The molecule has 0 aliphatic heterocycles. The third-order valence-electron chi connectivity index (χ3n) is 4.48. The fraction of sp³-hybridized carbons (Fsp3) is 0.353. The van der Waals surface area contributed by atoms with Crippen molar-refractivity contribution < 1.29 is 4.79 Å². The van der Waals surface area contributed by atoms with Gasteiger partial charge < -0.3 is 5.32 Å². The van der Waals surface area contributed by atoms with Gasteiger partial charge in [-0.1, -0.05) is 36.8 Å². The van der Waals surface area contributed by atoms with Gasteiger partial charge in [0.1, 0.15) is 5.69 Å². The molecule has 1 saturated carbocycles. The van der Waals surface area contributed by atoms with Crippen LogP contribution in [0.3, 0.4) is 0 Å². The maximum Gasteiger partial charge on any atom is 0.271 e. The Morgan fingerprint density at radius 3 is 2.55 bits per heavy atom. The van der Waals surface area contributed by atoms with Gasteiger partial charge in [0.05, 0.1) is 0 Å². The molecule has 0 saturated heterocycles. The highest BCUT2D eigenvalue weighted by Gasteiger charge is 2.38. The van der Waals surface area contributed by atoms with E-state index in [1.54, 1.807) is 0 Å². The van der Waals surface area contributed by atoms with Crippen LogP contribution in [0.4, 0.5) is 0 Å². The van der Waals surface area contributed by atoms with E-state index in [2.05, 4.69) is 22.5 Å². The Morgan fingerprint density at radius 1 is 1.23 bits per heavy atom. The lowest BCUT2D eigenvalue weighted by Gasteiger charge is -2.42. The van der Waals surface area contributed by atoms with Gasteiger partial charge in [0.2, 0.25) is 0 Å². The number of aromatic nitrogens is 2. The summed E-state index contributed by atoms with van der Waals surface area (Å²) < 4.78 is 1.17. The molecule has 1 N–H and O–H groups in total. The van der Waals surface area contributed by atoms with E-state index in [-0.39, 0.29) is 22.6 Å². The van der Waals surface area contributed by atoms with E-state index in [0.29, 0.717) is 6.54 Å². The van der Waals surface area contributed by atoms with E-state index in [4.69, 9.17) is 0 Å². The first-order valence-corrected chi connectivity index (χ1v) is 7.49. The van der Waals surface area contributed by atoms with Crippen LogP contribution in [0, 0.1) is 0 Å². The van der Waals surface area contributed by atoms with Crippen LogP contribution in [-0.2, 0) is 12.5 Å². The smallest absolute Gasteiger partial charge is 0.271 e.